The number of aromatic nitrogens is 2. The fraction of sp³-hybridized carbons (Fsp3) is 0.389. The second kappa shape index (κ2) is 8.86. The lowest BCUT2D eigenvalue weighted by Gasteiger charge is -2.11. The van der Waals surface area contributed by atoms with Gasteiger partial charge in [0, 0.05) is 36.1 Å². The van der Waals surface area contributed by atoms with Crippen LogP contribution < -0.4 is 20.1 Å². The number of ether oxygens (including phenoxy) is 2. The molecule has 0 radical (unpaired) electrons. The molecule has 7 nitrogen and oxygen atoms in total. The van der Waals surface area contributed by atoms with Crippen molar-refractivity contribution in [3.63, 3.8) is 0 Å². The minimum absolute atomic E-state index is 0.0599. The number of hydrogen-bond donors (Lipinski definition) is 2. The summed E-state index contributed by atoms with van der Waals surface area (Å²) in [5.41, 5.74) is 2.51. The maximum atomic E-state index is 12.0. The number of amides is 1. The molecule has 2 aromatic rings. The Kier molecular flexibility index (Phi) is 6.56. The molecular weight excluding hydrogens is 320 g/mol. The highest BCUT2D eigenvalue weighted by atomic mass is 16.5. The van der Waals surface area contributed by atoms with Gasteiger partial charge in [-0.05, 0) is 38.5 Å². The fourth-order valence-electron chi connectivity index (χ4n) is 2.39. The average molecular weight is 344 g/mol. The summed E-state index contributed by atoms with van der Waals surface area (Å²) in [6.45, 7) is 4.48. The van der Waals surface area contributed by atoms with E-state index in [0.717, 1.165) is 11.4 Å². The summed E-state index contributed by atoms with van der Waals surface area (Å²) >= 11 is 0. The minimum Gasteiger partial charge on any atom is -0.493 e. The molecule has 1 aromatic carbocycles. The van der Waals surface area contributed by atoms with Gasteiger partial charge in [0.15, 0.2) is 11.5 Å². The maximum absolute atomic E-state index is 12.0. The highest BCUT2D eigenvalue weighted by Crippen LogP contribution is 2.29. The first-order valence-corrected chi connectivity index (χ1v) is 8.10. The molecule has 0 bridgehead atoms. The first kappa shape index (κ1) is 18.5. The van der Waals surface area contributed by atoms with E-state index in [2.05, 4.69) is 20.6 Å². The first-order valence-electron chi connectivity index (χ1n) is 8.10. The summed E-state index contributed by atoms with van der Waals surface area (Å²) in [6, 6.07) is 7.19. The van der Waals surface area contributed by atoms with Gasteiger partial charge in [-0.1, -0.05) is 0 Å². The second-order valence-corrected chi connectivity index (χ2v) is 5.62. The zero-order valence-electron chi connectivity index (χ0n) is 15.0. The van der Waals surface area contributed by atoms with Crippen LogP contribution in [0.5, 0.6) is 11.5 Å². The molecule has 0 unspecified atom stereocenters. The second-order valence-electron chi connectivity index (χ2n) is 5.62. The SMILES string of the molecule is COc1ccc(NC(=O)CCCNc2nc(C)cc(C)n2)cc1OC. The van der Waals surface area contributed by atoms with Crippen LogP contribution in [0.25, 0.3) is 0 Å². The molecule has 0 aliphatic heterocycles. The summed E-state index contributed by atoms with van der Waals surface area (Å²) < 4.78 is 10.4. The van der Waals surface area contributed by atoms with Gasteiger partial charge in [0.2, 0.25) is 11.9 Å². The van der Waals surface area contributed by atoms with Crippen molar-refractivity contribution in [1.29, 1.82) is 0 Å². The topological polar surface area (TPSA) is 85.4 Å². The fourth-order valence-corrected chi connectivity index (χ4v) is 2.39. The van der Waals surface area contributed by atoms with Crippen molar-refractivity contribution in [2.24, 2.45) is 0 Å². The van der Waals surface area contributed by atoms with E-state index in [4.69, 9.17) is 9.47 Å². The molecule has 2 rings (SSSR count). The molecule has 1 heterocycles. The standard InChI is InChI=1S/C18H24N4O3/c1-12-10-13(2)21-18(20-12)19-9-5-6-17(23)22-14-7-8-15(24-3)16(11-14)25-4/h7-8,10-11H,5-6,9H2,1-4H3,(H,22,23)(H,19,20,21). The zero-order valence-corrected chi connectivity index (χ0v) is 15.0. The Hall–Kier alpha value is -2.83. The first-order chi connectivity index (χ1) is 12.0. The van der Waals surface area contributed by atoms with E-state index < -0.39 is 0 Å². The Labute approximate surface area is 147 Å². The lowest BCUT2D eigenvalue weighted by atomic mass is 10.2. The number of aryl methyl sites for hydroxylation is 2. The van der Waals surface area contributed by atoms with Crippen molar-refractivity contribution < 1.29 is 14.3 Å². The van der Waals surface area contributed by atoms with E-state index in [-0.39, 0.29) is 5.91 Å². The lowest BCUT2D eigenvalue weighted by Crippen LogP contribution is -2.14. The van der Waals surface area contributed by atoms with Crippen molar-refractivity contribution >= 4 is 17.5 Å². The summed E-state index contributed by atoms with van der Waals surface area (Å²) in [5, 5.41) is 5.99. The monoisotopic (exact) mass is 344 g/mol. The Morgan fingerprint density at radius 2 is 1.72 bits per heavy atom. The van der Waals surface area contributed by atoms with E-state index >= 15 is 0 Å². The number of nitrogens with one attached hydrogen (secondary N) is 2. The van der Waals surface area contributed by atoms with Gasteiger partial charge in [0.25, 0.3) is 0 Å². The molecule has 134 valence electrons. The van der Waals surface area contributed by atoms with Gasteiger partial charge in [-0.3, -0.25) is 4.79 Å². The smallest absolute Gasteiger partial charge is 0.224 e. The average Bonchev–Trinajstić information content (AvgIpc) is 2.57. The summed E-state index contributed by atoms with van der Waals surface area (Å²) in [6.07, 6.45) is 1.07. The molecule has 7 heteroatoms. The van der Waals surface area contributed by atoms with E-state index in [9.17, 15) is 4.79 Å². The summed E-state index contributed by atoms with van der Waals surface area (Å²) in [4.78, 5) is 20.7. The van der Waals surface area contributed by atoms with E-state index in [1.54, 1.807) is 32.4 Å². The number of benzene rings is 1. The molecule has 0 spiro atoms. The number of hydrogen-bond acceptors (Lipinski definition) is 6. The maximum Gasteiger partial charge on any atom is 0.224 e. The van der Waals surface area contributed by atoms with Crippen LogP contribution in [0, 0.1) is 13.8 Å². The zero-order chi connectivity index (χ0) is 18.2. The van der Waals surface area contributed by atoms with Crippen molar-refractivity contribution in [3.05, 3.63) is 35.7 Å². The quantitative estimate of drug-likeness (QED) is 0.716. The largest absolute Gasteiger partial charge is 0.493 e. The Bertz CT molecular complexity index is 714. The van der Waals surface area contributed by atoms with Crippen molar-refractivity contribution in [3.8, 4) is 11.5 Å². The molecule has 0 saturated carbocycles. The van der Waals surface area contributed by atoms with Crippen LogP contribution in [-0.4, -0.2) is 36.6 Å². The van der Waals surface area contributed by atoms with Crippen LogP contribution >= 0.6 is 0 Å². The molecule has 0 atom stereocenters. The van der Waals surface area contributed by atoms with Crippen molar-refractivity contribution in [2.75, 3.05) is 31.4 Å². The Morgan fingerprint density at radius 3 is 2.36 bits per heavy atom. The highest BCUT2D eigenvalue weighted by molar-refractivity contribution is 5.91. The third kappa shape index (κ3) is 5.63. The van der Waals surface area contributed by atoms with Crippen molar-refractivity contribution in [1.82, 2.24) is 9.97 Å². The molecule has 0 saturated heterocycles. The number of carbonyl (C=O) groups excluding carboxylic acids is 1. The minimum atomic E-state index is -0.0599. The van der Waals surface area contributed by atoms with Crippen LogP contribution in [0.3, 0.4) is 0 Å². The van der Waals surface area contributed by atoms with Crippen LogP contribution in [0.4, 0.5) is 11.6 Å². The Morgan fingerprint density at radius 1 is 1.04 bits per heavy atom. The van der Waals surface area contributed by atoms with Gasteiger partial charge in [0.05, 0.1) is 14.2 Å². The van der Waals surface area contributed by atoms with Gasteiger partial charge < -0.3 is 20.1 Å². The third-order valence-corrected chi connectivity index (χ3v) is 3.51. The molecule has 0 aliphatic rings. The lowest BCUT2D eigenvalue weighted by molar-refractivity contribution is -0.116. The summed E-state index contributed by atoms with van der Waals surface area (Å²) in [7, 11) is 3.13. The van der Waals surface area contributed by atoms with Crippen LogP contribution in [-0.2, 0) is 4.79 Å². The molecule has 25 heavy (non-hydrogen) atoms. The van der Waals surface area contributed by atoms with Gasteiger partial charge in [-0.25, -0.2) is 9.97 Å². The number of carbonyl (C=O) groups is 1. The van der Waals surface area contributed by atoms with Gasteiger partial charge in [-0.15, -0.1) is 0 Å². The van der Waals surface area contributed by atoms with Gasteiger partial charge in [-0.2, -0.15) is 0 Å². The van der Waals surface area contributed by atoms with Crippen LogP contribution in [0.1, 0.15) is 24.2 Å². The van der Waals surface area contributed by atoms with Crippen LogP contribution in [0.2, 0.25) is 0 Å². The molecule has 1 aromatic heterocycles. The predicted molar refractivity (Wildman–Crippen MR) is 97.4 cm³/mol. The molecule has 2 N–H and O–H groups in total. The van der Waals surface area contributed by atoms with E-state index in [1.807, 2.05) is 19.9 Å². The molecule has 0 fully saturated rings. The third-order valence-electron chi connectivity index (χ3n) is 3.51. The van der Waals surface area contributed by atoms with E-state index in [1.165, 1.54) is 0 Å². The number of methoxy groups -OCH3 is 2. The Balaban J connectivity index is 1.79. The molecular formula is C18H24N4O3. The number of nitrogens with zero attached hydrogens (tertiary/aromatic N) is 2. The van der Waals surface area contributed by atoms with Crippen LogP contribution in [0.15, 0.2) is 24.3 Å². The van der Waals surface area contributed by atoms with Gasteiger partial charge >= 0.3 is 0 Å². The molecule has 0 aliphatic carbocycles. The predicted octanol–water partition coefficient (Wildman–Crippen LogP) is 2.94. The van der Waals surface area contributed by atoms with Crippen molar-refractivity contribution in [2.45, 2.75) is 26.7 Å². The summed E-state index contributed by atoms with van der Waals surface area (Å²) in [5.74, 6) is 1.74. The molecule has 1 amide bonds. The van der Waals surface area contributed by atoms with E-state index in [0.29, 0.717) is 42.5 Å². The highest BCUT2D eigenvalue weighted by Gasteiger charge is 2.07. The van der Waals surface area contributed by atoms with Gasteiger partial charge in [0.1, 0.15) is 0 Å². The number of anilines is 2. The normalized spacial score (nSPS) is 10.2. The number of rotatable bonds is 8.